The molecule has 0 bridgehead atoms. The van der Waals surface area contributed by atoms with Gasteiger partial charge in [-0.25, -0.2) is 9.97 Å². The van der Waals surface area contributed by atoms with Gasteiger partial charge in [-0.3, -0.25) is 4.98 Å². The third kappa shape index (κ3) is 3.50. The van der Waals surface area contributed by atoms with Crippen molar-refractivity contribution in [1.82, 2.24) is 15.0 Å². The van der Waals surface area contributed by atoms with E-state index < -0.39 is 0 Å². The Kier molecular flexibility index (Phi) is 3.95. The Balaban J connectivity index is 1.51. The maximum Gasteiger partial charge on any atom is 0.163 e. The maximum absolute atomic E-state index is 5.91. The zero-order valence-electron chi connectivity index (χ0n) is 13.4. The number of nitrogens with zero attached hydrogens (tertiary/aromatic N) is 3. The van der Waals surface area contributed by atoms with Crippen LogP contribution in [0.3, 0.4) is 0 Å². The van der Waals surface area contributed by atoms with E-state index in [4.69, 9.17) is 4.74 Å². The van der Waals surface area contributed by atoms with Crippen molar-refractivity contribution in [3.8, 4) is 11.4 Å². The quantitative estimate of drug-likeness (QED) is 0.939. The Hall–Kier alpha value is -2.01. The number of anilines is 1. The van der Waals surface area contributed by atoms with E-state index in [1.165, 1.54) is 12.8 Å². The minimum atomic E-state index is 0.432. The lowest BCUT2D eigenvalue weighted by atomic mass is 10.00. The number of rotatable bonds is 4. The third-order valence-corrected chi connectivity index (χ3v) is 4.59. The lowest BCUT2D eigenvalue weighted by molar-refractivity contribution is -0.00223. The summed E-state index contributed by atoms with van der Waals surface area (Å²) in [6, 6.07) is 6.35. The van der Waals surface area contributed by atoms with Gasteiger partial charge >= 0.3 is 0 Å². The Labute approximate surface area is 136 Å². The molecule has 0 amide bonds. The molecule has 2 aromatic heterocycles. The predicted octanol–water partition coefficient (Wildman–Crippen LogP) is 3.22. The first-order chi connectivity index (χ1) is 11.3. The number of hydrogen-bond acceptors (Lipinski definition) is 5. The van der Waals surface area contributed by atoms with Crippen LogP contribution in [-0.2, 0) is 4.74 Å². The van der Waals surface area contributed by atoms with Crippen LogP contribution < -0.4 is 5.32 Å². The Morgan fingerprint density at radius 2 is 2.13 bits per heavy atom. The van der Waals surface area contributed by atoms with E-state index in [-0.39, 0.29) is 0 Å². The summed E-state index contributed by atoms with van der Waals surface area (Å²) in [5, 5.41) is 3.59. The van der Waals surface area contributed by atoms with Crippen LogP contribution in [0.5, 0.6) is 0 Å². The van der Waals surface area contributed by atoms with Crippen molar-refractivity contribution in [2.75, 3.05) is 11.9 Å². The molecule has 2 aliphatic rings. The largest absolute Gasteiger partial charge is 0.378 e. The minimum Gasteiger partial charge on any atom is -0.378 e. The van der Waals surface area contributed by atoms with E-state index in [0.717, 1.165) is 48.3 Å². The first-order valence-corrected chi connectivity index (χ1v) is 8.42. The molecule has 5 nitrogen and oxygen atoms in total. The van der Waals surface area contributed by atoms with E-state index in [9.17, 15) is 0 Å². The van der Waals surface area contributed by atoms with Crippen LogP contribution in [0.1, 0.15) is 31.4 Å². The fourth-order valence-corrected chi connectivity index (χ4v) is 3.23. The Bertz CT molecular complexity index is 672. The summed E-state index contributed by atoms with van der Waals surface area (Å²) in [7, 11) is 0. The Morgan fingerprint density at radius 3 is 2.91 bits per heavy atom. The standard InChI is InChI=1S/C18H22N4O/c1-12-9-17(22-18(20-12)14-3-2-7-19-11-14)21-15-6-8-23-16(10-15)13-4-5-13/h2-3,7,9,11,13,15-16H,4-6,8,10H2,1H3,(H,20,21,22). The first kappa shape index (κ1) is 14.6. The molecular weight excluding hydrogens is 288 g/mol. The van der Waals surface area contributed by atoms with Crippen LogP contribution in [0.15, 0.2) is 30.6 Å². The molecule has 0 aromatic carbocycles. The number of aryl methyl sites for hydroxylation is 1. The van der Waals surface area contributed by atoms with Gasteiger partial charge in [0.25, 0.3) is 0 Å². The molecule has 1 saturated carbocycles. The van der Waals surface area contributed by atoms with Gasteiger partial charge in [0.05, 0.1) is 6.10 Å². The second kappa shape index (κ2) is 6.24. The molecule has 2 unspecified atom stereocenters. The fraction of sp³-hybridized carbons (Fsp3) is 0.500. The van der Waals surface area contributed by atoms with Crippen LogP contribution >= 0.6 is 0 Å². The second-order valence-electron chi connectivity index (χ2n) is 6.57. The normalized spacial score (nSPS) is 24.4. The highest BCUT2D eigenvalue weighted by atomic mass is 16.5. The van der Waals surface area contributed by atoms with Crippen LogP contribution in [0.4, 0.5) is 5.82 Å². The van der Waals surface area contributed by atoms with Crippen LogP contribution in [0.2, 0.25) is 0 Å². The molecule has 0 spiro atoms. The van der Waals surface area contributed by atoms with E-state index >= 15 is 0 Å². The van der Waals surface area contributed by atoms with Gasteiger partial charge in [0.2, 0.25) is 0 Å². The van der Waals surface area contributed by atoms with Crippen molar-refractivity contribution in [2.24, 2.45) is 5.92 Å². The molecule has 120 valence electrons. The summed E-state index contributed by atoms with van der Waals surface area (Å²) in [6.45, 7) is 2.85. The van der Waals surface area contributed by atoms with E-state index in [0.29, 0.717) is 12.1 Å². The fourth-order valence-electron chi connectivity index (χ4n) is 3.23. The van der Waals surface area contributed by atoms with Crippen molar-refractivity contribution in [3.63, 3.8) is 0 Å². The predicted molar refractivity (Wildman–Crippen MR) is 89.1 cm³/mol. The van der Waals surface area contributed by atoms with Gasteiger partial charge in [0.1, 0.15) is 5.82 Å². The van der Waals surface area contributed by atoms with Crippen molar-refractivity contribution < 1.29 is 4.74 Å². The van der Waals surface area contributed by atoms with Crippen molar-refractivity contribution in [1.29, 1.82) is 0 Å². The molecular formula is C18H22N4O. The van der Waals surface area contributed by atoms with Crippen molar-refractivity contribution >= 4 is 5.82 Å². The van der Waals surface area contributed by atoms with Gasteiger partial charge in [-0.1, -0.05) is 0 Å². The minimum absolute atomic E-state index is 0.432. The highest BCUT2D eigenvalue weighted by molar-refractivity contribution is 5.56. The SMILES string of the molecule is Cc1cc(NC2CCOC(C3CC3)C2)nc(-c2cccnc2)n1. The zero-order chi connectivity index (χ0) is 15.6. The summed E-state index contributed by atoms with van der Waals surface area (Å²) in [5.74, 6) is 2.42. The topological polar surface area (TPSA) is 59.9 Å². The van der Waals surface area contributed by atoms with Gasteiger partial charge < -0.3 is 10.1 Å². The first-order valence-electron chi connectivity index (χ1n) is 8.42. The van der Waals surface area contributed by atoms with Gasteiger partial charge in [-0.2, -0.15) is 0 Å². The third-order valence-electron chi connectivity index (χ3n) is 4.59. The van der Waals surface area contributed by atoms with E-state index in [1.54, 1.807) is 12.4 Å². The second-order valence-corrected chi connectivity index (χ2v) is 6.57. The number of aromatic nitrogens is 3. The molecule has 1 aliphatic heterocycles. The highest BCUT2D eigenvalue weighted by Crippen LogP contribution is 2.38. The van der Waals surface area contributed by atoms with Crippen molar-refractivity contribution in [2.45, 2.75) is 44.8 Å². The number of ether oxygens (including phenoxy) is 1. The van der Waals surface area contributed by atoms with Gasteiger partial charge in [-0.05, 0) is 50.7 Å². The molecule has 5 heteroatoms. The Morgan fingerprint density at radius 1 is 1.22 bits per heavy atom. The van der Waals surface area contributed by atoms with Crippen molar-refractivity contribution in [3.05, 3.63) is 36.3 Å². The summed E-state index contributed by atoms with van der Waals surface area (Å²) in [6.07, 6.45) is 8.77. The molecule has 4 rings (SSSR count). The average Bonchev–Trinajstić information content (AvgIpc) is 3.40. The van der Waals surface area contributed by atoms with Crippen LogP contribution in [0, 0.1) is 12.8 Å². The van der Waals surface area contributed by atoms with Gasteiger partial charge in [-0.15, -0.1) is 0 Å². The zero-order valence-corrected chi connectivity index (χ0v) is 13.4. The summed E-state index contributed by atoms with van der Waals surface area (Å²) >= 11 is 0. The molecule has 1 N–H and O–H groups in total. The lowest BCUT2D eigenvalue weighted by Crippen LogP contribution is -2.35. The summed E-state index contributed by atoms with van der Waals surface area (Å²) in [5.41, 5.74) is 1.91. The molecule has 2 fully saturated rings. The molecule has 2 aromatic rings. The maximum atomic E-state index is 5.91. The average molecular weight is 310 g/mol. The van der Waals surface area contributed by atoms with E-state index in [1.807, 2.05) is 25.1 Å². The highest BCUT2D eigenvalue weighted by Gasteiger charge is 2.35. The molecule has 0 radical (unpaired) electrons. The van der Waals surface area contributed by atoms with E-state index in [2.05, 4.69) is 20.3 Å². The number of nitrogens with one attached hydrogen (secondary N) is 1. The monoisotopic (exact) mass is 310 g/mol. The van der Waals surface area contributed by atoms with Gasteiger partial charge in [0.15, 0.2) is 5.82 Å². The molecule has 1 saturated heterocycles. The summed E-state index contributed by atoms with van der Waals surface area (Å²) in [4.78, 5) is 13.4. The molecule has 1 aliphatic carbocycles. The van der Waals surface area contributed by atoms with Gasteiger partial charge in [0, 0.05) is 42.4 Å². The smallest absolute Gasteiger partial charge is 0.163 e. The molecule has 23 heavy (non-hydrogen) atoms. The summed E-state index contributed by atoms with van der Waals surface area (Å²) < 4.78 is 5.91. The van der Waals surface area contributed by atoms with Crippen LogP contribution in [-0.4, -0.2) is 33.7 Å². The number of hydrogen-bond donors (Lipinski definition) is 1. The van der Waals surface area contributed by atoms with Crippen LogP contribution in [0.25, 0.3) is 11.4 Å². The molecule has 2 atom stereocenters. The number of pyridine rings is 1. The molecule has 3 heterocycles. The lowest BCUT2D eigenvalue weighted by Gasteiger charge is -2.30.